The van der Waals surface area contributed by atoms with Gasteiger partial charge >= 0.3 is 0 Å². The zero-order valence-corrected chi connectivity index (χ0v) is 8.85. The second kappa shape index (κ2) is 4.33. The third-order valence-corrected chi connectivity index (χ3v) is 2.15. The molecule has 0 saturated carbocycles. The summed E-state index contributed by atoms with van der Waals surface area (Å²) in [5.74, 6) is 0.304. The van der Waals surface area contributed by atoms with Crippen LogP contribution in [0.5, 0.6) is 0 Å². The number of carbonyl (C=O) groups excluding carboxylic acids is 1. The number of carbonyl (C=O) groups is 1. The van der Waals surface area contributed by atoms with Gasteiger partial charge in [0.25, 0.3) is 5.91 Å². The van der Waals surface area contributed by atoms with E-state index in [-0.39, 0.29) is 5.91 Å². The largest absolute Gasteiger partial charge is 0.322 e. The Balaban J connectivity index is 2.87. The van der Waals surface area contributed by atoms with E-state index in [2.05, 4.69) is 17.9 Å². The Morgan fingerprint density at radius 2 is 2.15 bits per heavy atom. The number of benzene rings is 1. The van der Waals surface area contributed by atoms with E-state index in [1.807, 2.05) is 32.0 Å². The lowest BCUT2D eigenvalue weighted by Crippen LogP contribution is -2.15. The molecule has 0 saturated heterocycles. The zero-order chi connectivity index (χ0) is 9.84. The molecule has 1 rings (SSSR count). The lowest BCUT2D eigenvalue weighted by atomic mass is 10.1. The van der Waals surface area contributed by atoms with Crippen molar-refractivity contribution in [3.05, 3.63) is 29.3 Å². The highest BCUT2D eigenvalue weighted by atomic mass is 32.1. The highest BCUT2D eigenvalue weighted by Gasteiger charge is 2.04. The van der Waals surface area contributed by atoms with Crippen molar-refractivity contribution in [2.45, 2.75) is 13.8 Å². The molecule has 13 heavy (non-hydrogen) atoms. The van der Waals surface area contributed by atoms with E-state index >= 15 is 0 Å². The number of nitrogens with one attached hydrogen (secondary N) is 1. The number of amides is 1. The van der Waals surface area contributed by atoms with E-state index in [0.29, 0.717) is 5.75 Å². The highest BCUT2D eigenvalue weighted by molar-refractivity contribution is 7.59. The van der Waals surface area contributed by atoms with Gasteiger partial charge in [-0.1, -0.05) is 12.1 Å². The van der Waals surface area contributed by atoms with Crippen LogP contribution in [-0.4, -0.2) is 11.7 Å². The summed E-state index contributed by atoms with van der Waals surface area (Å²) in [6, 6.07) is 5.99. The van der Waals surface area contributed by atoms with Gasteiger partial charge in [0.05, 0.1) is 0 Å². The molecule has 0 fully saturated rings. The van der Waals surface area contributed by atoms with E-state index in [9.17, 15) is 4.79 Å². The predicted molar refractivity (Wildman–Crippen MR) is 59.6 cm³/mol. The van der Waals surface area contributed by atoms with Crippen molar-refractivity contribution >= 4 is 24.2 Å². The fraction of sp³-hybridized carbons (Fsp3) is 0.300. The molecule has 0 radical (unpaired) electrons. The topological polar surface area (TPSA) is 29.1 Å². The van der Waals surface area contributed by atoms with Crippen LogP contribution in [0, 0.1) is 13.8 Å². The Bertz CT molecular complexity index is 323. The third-order valence-electron chi connectivity index (χ3n) is 1.83. The Labute approximate surface area is 83.8 Å². The Morgan fingerprint density at radius 3 is 2.77 bits per heavy atom. The molecule has 0 spiro atoms. The third kappa shape index (κ3) is 2.77. The first-order valence-corrected chi connectivity index (χ1v) is 4.86. The van der Waals surface area contributed by atoms with Crippen molar-refractivity contribution in [2.24, 2.45) is 0 Å². The summed E-state index contributed by atoms with van der Waals surface area (Å²) in [4.78, 5) is 11.1. The number of rotatable bonds is 2. The highest BCUT2D eigenvalue weighted by Crippen LogP contribution is 2.15. The average Bonchev–Trinajstić information content (AvgIpc) is 2.11. The van der Waals surface area contributed by atoms with Crippen LogP contribution < -0.4 is 5.32 Å². The van der Waals surface area contributed by atoms with E-state index in [1.165, 1.54) is 0 Å². The molecule has 1 amide bonds. The van der Waals surface area contributed by atoms with Gasteiger partial charge in [0.2, 0.25) is 0 Å². The van der Waals surface area contributed by atoms with Crippen LogP contribution in [-0.2, 0) is 17.4 Å². The molecule has 1 aromatic rings. The SMILES string of the molecule is Cc1ccc(C)c(NC(=O)C[SH2+])c1. The maximum atomic E-state index is 11.1. The van der Waals surface area contributed by atoms with Crippen LogP contribution >= 0.6 is 0 Å². The smallest absolute Gasteiger partial charge is 0.273 e. The summed E-state index contributed by atoms with van der Waals surface area (Å²) < 4.78 is 0. The normalized spacial score (nSPS) is 9.77. The van der Waals surface area contributed by atoms with Crippen LogP contribution in [0.1, 0.15) is 11.1 Å². The molecule has 0 unspecified atom stereocenters. The summed E-state index contributed by atoms with van der Waals surface area (Å²) in [5, 5.41) is 2.81. The molecule has 0 aliphatic heterocycles. The maximum Gasteiger partial charge on any atom is 0.273 e. The number of aryl methyl sites for hydroxylation is 2. The van der Waals surface area contributed by atoms with E-state index in [4.69, 9.17) is 0 Å². The Kier molecular flexibility index (Phi) is 3.37. The van der Waals surface area contributed by atoms with Crippen molar-refractivity contribution in [3.8, 4) is 0 Å². The molecular formula is C10H14NOS+. The lowest BCUT2D eigenvalue weighted by molar-refractivity contribution is -0.113. The Morgan fingerprint density at radius 1 is 1.46 bits per heavy atom. The van der Waals surface area contributed by atoms with Gasteiger partial charge in [-0.05, 0) is 43.7 Å². The second-order valence-corrected chi connectivity index (χ2v) is 3.40. The molecule has 70 valence electrons. The standard InChI is InChI=1S/C10H13NOS/c1-7-3-4-8(2)9(5-7)11-10(12)6-13/h3-5,13H,6H2,1-2H3,(H,11,12)/p+1. The van der Waals surface area contributed by atoms with Gasteiger partial charge < -0.3 is 5.32 Å². The van der Waals surface area contributed by atoms with E-state index in [1.54, 1.807) is 0 Å². The molecule has 0 aromatic heterocycles. The summed E-state index contributed by atoms with van der Waals surface area (Å²) in [5.41, 5.74) is 3.12. The van der Waals surface area contributed by atoms with E-state index in [0.717, 1.165) is 16.8 Å². The van der Waals surface area contributed by atoms with Crippen molar-refractivity contribution in [1.29, 1.82) is 0 Å². The second-order valence-electron chi connectivity index (χ2n) is 3.04. The molecule has 3 heteroatoms. The molecular weight excluding hydrogens is 182 g/mol. The summed E-state index contributed by atoms with van der Waals surface area (Å²) >= 11 is 3.15. The van der Waals surface area contributed by atoms with Crippen LogP contribution in [0.2, 0.25) is 0 Å². The average molecular weight is 196 g/mol. The zero-order valence-electron chi connectivity index (χ0n) is 7.85. The fourth-order valence-corrected chi connectivity index (χ4v) is 1.15. The van der Waals surface area contributed by atoms with Crippen LogP contribution in [0.4, 0.5) is 5.69 Å². The minimum Gasteiger partial charge on any atom is -0.322 e. The molecule has 1 aromatic carbocycles. The van der Waals surface area contributed by atoms with Crippen molar-refractivity contribution in [3.63, 3.8) is 0 Å². The first kappa shape index (κ1) is 10.1. The molecule has 0 aliphatic rings. The minimum absolute atomic E-state index is 0.0228. The van der Waals surface area contributed by atoms with Gasteiger partial charge in [-0.25, -0.2) is 0 Å². The maximum absolute atomic E-state index is 11.1. The number of hydrogen-bond acceptors (Lipinski definition) is 1. The summed E-state index contributed by atoms with van der Waals surface area (Å²) in [6.45, 7) is 3.98. The minimum atomic E-state index is -0.0228. The monoisotopic (exact) mass is 196 g/mol. The first-order chi connectivity index (χ1) is 6.13. The van der Waals surface area contributed by atoms with Crippen LogP contribution in [0.15, 0.2) is 18.2 Å². The molecule has 2 nitrogen and oxygen atoms in total. The molecule has 0 atom stereocenters. The van der Waals surface area contributed by atoms with Crippen molar-refractivity contribution < 1.29 is 4.79 Å². The van der Waals surface area contributed by atoms with Gasteiger partial charge in [-0.15, -0.1) is 0 Å². The lowest BCUT2D eigenvalue weighted by Gasteiger charge is -2.06. The number of hydrogen-bond donors (Lipinski definition) is 1. The number of anilines is 1. The van der Waals surface area contributed by atoms with Gasteiger partial charge in [-0.2, -0.15) is 0 Å². The van der Waals surface area contributed by atoms with Crippen LogP contribution in [0.3, 0.4) is 0 Å². The molecule has 0 bridgehead atoms. The van der Waals surface area contributed by atoms with Gasteiger partial charge in [-0.3, -0.25) is 4.79 Å². The quantitative estimate of drug-likeness (QED) is 0.709. The Hall–Kier alpha value is -0.960. The first-order valence-electron chi connectivity index (χ1n) is 4.15. The van der Waals surface area contributed by atoms with Crippen LogP contribution in [0.25, 0.3) is 0 Å². The molecule has 0 heterocycles. The summed E-state index contributed by atoms with van der Waals surface area (Å²) in [7, 11) is 0. The van der Waals surface area contributed by atoms with Crippen molar-refractivity contribution in [2.75, 3.05) is 11.1 Å². The fourth-order valence-electron chi connectivity index (χ4n) is 1.06. The summed E-state index contributed by atoms with van der Waals surface area (Å²) in [6.07, 6.45) is 0. The van der Waals surface area contributed by atoms with Crippen molar-refractivity contribution in [1.82, 2.24) is 0 Å². The molecule has 0 aliphatic carbocycles. The van der Waals surface area contributed by atoms with Gasteiger partial charge in [0.15, 0.2) is 5.75 Å². The predicted octanol–water partition coefficient (Wildman–Crippen LogP) is 1.25. The van der Waals surface area contributed by atoms with E-state index < -0.39 is 0 Å². The molecule has 1 N–H and O–H groups in total. The van der Waals surface area contributed by atoms with Gasteiger partial charge in [0.1, 0.15) is 0 Å². The van der Waals surface area contributed by atoms with Gasteiger partial charge in [0, 0.05) is 5.69 Å².